The highest BCUT2D eigenvalue weighted by Gasteiger charge is 2.33. The molecule has 1 aliphatic rings. The minimum atomic E-state index is -3.96. The molecule has 0 aliphatic heterocycles. The average molecular weight is 559 g/mol. The summed E-state index contributed by atoms with van der Waals surface area (Å²) in [6.07, 6.45) is 5.00. The quantitative estimate of drug-likeness (QED) is 0.456. The van der Waals surface area contributed by atoms with Gasteiger partial charge in [0.1, 0.15) is 18.4 Å². The van der Waals surface area contributed by atoms with Crippen molar-refractivity contribution in [1.82, 2.24) is 10.2 Å². The van der Waals surface area contributed by atoms with Gasteiger partial charge in [-0.3, -0.25) is 13.9 Å². The van der Waals surface area contributed by atoms with E-state index in [9.17, 15) is 22.4 Å². The Morgan fingerprint density at radius 1 is 1.11 bits per heavy atom. The Morgan fingerprint density at radius 2 is 1.72 bits per heavy atom. The first kappa shape index (κ1) is 28.2. The van der Waals surface area contributed by atoms with Gasteiger partial charge in [0.25, 0.3) is 0 Å². The number of nitrogens with one attached hydrogen (secondary N) is 1. The number of halogens is 3. The first-order valence-corrected chi connectivity index (χ1v) is 14.4. The molecule has 0 spiro atoms. The van der Waals surface area contributed by atoms with Crippen molar-refractivity contribution >= 4 is 50.7 Å². The van der Waals surface area contributed by atoms with Crippen LogP contribution < -0.4 is 9.62 Å². The van der Waals surface area contributed by atoms with Gasteiger partial charge in [-0.15, -0.1) is 0 Å². The number of sulfonamides is 1. The van der Waals surface area contributed by atoms with Crippen molar-refractivity contribution in [1.29, 1.82) is 0 Å². The lowest BCUT2D eigenvalue weighted by Gasteiger charge is -2.33. The van der Waals surface area contributed by atoms with Crippen LogP contribution in [0.15, 0.2) is 42.5 Å². The highest BCUT2D eigenvalue weighted by atomic mass is 35.5. The molecule has 0 heterocycles. The molecule has 0 unspecified atom stereocenters. The smallest absolute Gasteiger partial charge is 0.244 e. The average Bonchev–Trinajstić information content (AvgIpc) is 3.31. The summed E-state index contributed by atoms with van der Waals surface area (Å²) in [5, 5.41) is 3.66. The summed E-state index contributed by atoms with van der Waals surface area (Å²) >= 11 is 12.7. The Bertz CT molecular complexity index is 1190. The van der Waals surface area contributed by atoms with Crippen molar-refractivity contribution < 1.29 is 22.4 Å². The van der Waals surface area contributed by atoms with Crippen molar-refractivity contribution in [2.24, 2.45) is 0 Å². The van der Waals surface area contributed by atoms with E-state index in [0.717, 1.165) is 42.3 Å². The fraction of sp³-hybridized carbons (Fsp3) is 0.440. The first-order chi connectivity index (χ1) is 17.0. The van der Waals surface area contributed by atoms with Gasteiger partial charge in [-0.05, 0) is 49.6 Å². The molecule has 2 amide bonds. The lowest BCUT2D eigenvalue weighted by Crippen LogP contribution is -2.53. The molecule has 0 radical (unpaired) electrons. The molecule has 0 saturated heterocycles. The third-order valence-electron chi connectivity index (χ3n) is 6.25. The zero-order chi connectivity index (χ0) is 26.5. The van der Waals surface area contributed by atoms with Gasteiger partial charge >= 0.3 is 0 Å². The number of carbonyl (C=O) groups is 2. The van der Waals surface area contributed by atoms with E-state index in [2.05, 4.69) is 5.32 Å². The van der Waals surface area contributed by atoms with Gasteiger partial charge in [-0.2, -0.15) is 0 Å². The Kier molecular flexibility index (Phi) is 9.60. The Hall–Kier alpha value is -2.36. The number of hydrogen-bond donors (Lipinski definition) is 1. The molecule has 3 rings (SSSR count). The van der Waals surface area contributed by atoms with Gasteiger partial charge in [-0.1, -0.05) is 55.1 Å². The lowest BCUT2D eigenvalue weighted by molar-refractivity contribution is -0.140. The van der Waals surface area contributed by atoms with E-state index in [4.69, 9.17) is 23.2 Å². The maximum absolute atomic E-state index is 13.9. The number of carbonyl (C=O) groups excluding carboxylic acids is 2. The van der Waals surface area contributed by atoms with Crippen molar-refractivity contribution in [2.45, 2.75) is 57.7 Å². The standard InChI is InChI=1S/C25H30Cl2FN3O4S/c1-3-23(25(33)29-18-9-4-5-10-18)30(15-20-21(26)12-7-13-22(20)27)24(32)16-31(36(2,34)35)19-11-6-8-17(28)14-19/h6-8,11-14,18,23H,3-5,9-10,15-16H2,1-2H3,(H,29,33)/t23-/m0/s1. The Morgan fingerprint density at radius 3 is 2.28 bits per heavy atom. The van der Waals surface area contributed by atoms with Crippen molar-refractivity contribution in [2.75, 3.05) is 17.1 Å². The van der Waals surface area contributed by atoms with Crippen molar-refractivity contribution in [3.63, 3.8) is 0 Å². The summed E-state index contributed by atoms with van der Waals surface area (Å²) in [6, 6.07) is 9.04. The van der Waals surface area contributed by atoms with Crippen LogP contribution in [0.25, 0.3) is 0 Å². The topological polar surface area (TPSA) is 86.8 Å². The predicted molar refractivity (Wildman–Crippen MR) is 140 cm³/mol. The second-order valence-corrected chi connectivity index (χ2v) is 11.6. The number of hydrogen-bond acceptors (Lipinski definition) is 4. The summed E-state index contributed by atoms with van der Waals surface area (Å²) in [6.45, 7) is 1.04. The third kappa shape index (κ3) is 7.11. The van der Waals surface area contributed by atoms with Crippen LogP contribution in [0.2, 0.25) is 10.0 Å². The fourth-order valence-electron chi connectivity index (χ4n) is 4.39. The number of benzene rings is 2. The van der Waals surface area contributed by atoms with Crippen LogP contribution in [0.1, 0.15) is 44.6 Å². The van der Waals surface area contributed by atoms with E-state index < -0.39 is 34.3 Å². The molecule has 0 bridgehead atoms. The van der Waals surface area contributed by atoms with Crippen LogP contribution in [0.5, 0.6) is 0 Å². The highest BCUT2D eigenvalue weighted by Crippen LogP contribution is 2.28. The molecule has 2 aromatic rings. The van der Waals surface area contributed by atoms with Gasteiger partial charge in [0.2, 0.25) is 21.8 Å². The molecule has 7 nitrogen and oxygen atoms in total. The number of nitrogens with zero attached hydrogens (tertiary/aromatic N) is 2. The maximum atomic E-state index is 13.9. The second-order valence-electron chi connectivity index (χ2n) is 8.89. The lowest BCUT2D eigenvalue weighted by atomic mass is 10.1. The van der Waals surface area contributed by atoms with E-state index in [1.807, 2.05) is 0 Å². The van der Waals surface area contributed by atoms with Crippen LogP contribution >= 0.6 is 23.2 Å². The molecule has 1 aliphatic carbocycles. The van der Waals surface area contributed by atoms with Gasteiger partial charge in [0.05, 0.1) is 11.9 Å². The van der Waals surface area contributed by atoms with Gasteiger partial charge in [-0.25, -0.2) is 12.8 Å². The van der Waals surface area contributed by atoms with Gasteiger partial charge < -0.3 is 10.2 Å². The molecule has 1 fully saturated rings. The zero-order valence-electron chi connectivity index (χ0n) is 20.2. The number of rotatable bonds is 10. The summed E-state index contributed by atoms with van der Waals surface area (Å²) in [7, 11) is -3.96. The van der Waals surface area contributed by atoms with E-state index in [1.165, 1.54) is 23.1 Å². The van der Waals surface area contributed by atoms with Crippen LogP contribution in [-0.4, -0.2) is 50.0 Å². The van der Waals surface area contributed by atoms with Gasteiger partial charge in [0.15, 0.2) is 0 Å². The number of anilines is 1. The monoisotopic (exact) mass is 557 g/mol. The molecule has 36 heavy (non-hydrogen) atoms. The minimum Gasteiger partial charge on any atom is -0.352 e. The van der Waals surface area contributed by atoms with Crippen molar-refractivity contribution in [3.05, 3.63) is 63.9 Å². The van der Waals surface area contributed by atoms with E-state index >= 15 is 0 Å². The van der Waals surface area contributed by atoms with Crippen LogP contribution in [-0.2, 0) is 26.2 Å². The van der Waals surface area contributed by atoms with E-state index in [1.54, 1.807) is 25.1 Å². The second kappa shape index (κ2) is 12.3. The van der Waals surface area contributed by atoms with E-state index in [-0.39, 0.29) is 30.6 Å². The molecular formula is C25H30Cl2FN3O4S. The maximum Gasteiger partial charge on any atom is 0.244 e. The third-order valence-corrected chi connectivity index (χ3v) is 8.10. The number of amides is 2. The molecule has 1 N–H and O–H groups in total. The summed E-state index contributed by atoms with van der Waals surface area (Å²) in [4.78, 5) is 28.3. The molecular weight excluding hydrogens is 528 g/mol. The van der Waals surface area contributed by atoms with Crippen molar-refractivity contribution in [3.8, 4) is 0 Å². The molecule has 1 saturated carbocycles. The zero-order valence-corrected chi connectivity index (χ0v) is 22.5. The fourth-order valence-corrected chi connectivity index (χ4v) is 5.74. The van der Waals surface area contributed by atoms with E-state index in [0.29, 0.717) is 15.6 Å². The largest absolute Gasteiger partial charge is 0.352 e. The Labute approximate surface area is 221 Å². The molecule has 196 valence electrons. The summed E-state index contributed by atoms with van der Waals surface area (Å²) in [5.74, 6) is -1.61. The SMILES string of the molecule is CC[C@@H](C(=O)NC1CCCC1)N(Cc1c(Cl)cccc1Cl)C(=O)CN(c1cccc(F)c1)S(C)(=O)=O. The molecule has 1 atom stereocenters. The predicted octanol–water partition coefficient (Wildman–Crippen LogP) is 4.76. The van der Waals surface area contributed by atoms with Crippen LogP contribution in [0, 0.1) is 5.82 Å². The first-order valence-electron chi connectivity index (χ1n) is 11.8. The minimum absolute atomic E-state index is 0.00466. The molecule has 0 aromatic heterocycles. The summed E-state index contributed by atoms with van der Waals surface area (Å²) in [5.41, 5.74) is 0.447. The highest BCUT2D eigenvalue weighted by molar-refractivity contribution is 7.92. The molecule has 11 heteroatoms. The molecule has 2 aromatic carbocycles. The normalized spacial score (nSPS) is 14.9. The summed E-state index contributed by atoms with van der Waals surface area (Å²) < 4.78 is 39.9. The Balaban J connectivity index is 1.97. The van der Waals surface area contributed by atoms with Crippen LogP contribution in [0.4, 0.5) is 10.1 Å². The van der Waals surface area contributed by atoms with Gasteiger partial charge in [0, 0.05) is 28.2 Å². The van der Waals surface area contributed by atoms with Crippen LogP contribution in [0.3, 0.4) is 0 Å².